The van der Waals surface area contributed by atoms with Crippen molar-refractivity contribution in [3.05, 3.63) is 100 Å². The maximum atomic E-state index is 13.0. The van der Waals surface area contributed by atoms with E-state index in [4.69, 9.17) is 0 Å². The van der Waals surface area contributed by atoms with Gasteiger partial charge in [-0.1, -0.05) is 58.4 Å². The van der Waals surface area contributed by atoms with Gasteiger partial charge in [0.15, 0.2) is 5.69 Å². The van der Waals surface area contributed by atoms with E-state index in [1.54, 1.807) is 0 Å². The number of nitrogens with one attached hydrogen (secondary N) is 1. The van der Waals surface area contributed by atoms with Gasteiger partial charge in [0.25, 0.3) is 12.3 Å². The van der Waals surface area contributed by atoms with Gasteiger partial charge in [-0.25, -0.2) is 8.78 Å². The second-order valence-electron chi connectivity index (χ2n) is 13.2. The number of hydrogen-bond acceptors (Lipinski definition) is 5. The zero-order valence-electron chi connectivity index (χ0n) is 31.0. The lowest BCUT2D eigenvalue weighted by atomic mass is 9.92. The Bertz CT molecular complexity index is 1430. The maximum Gasteiger partial charge on any atom is 0.272 e. The average molecular weight is 668 g/mol. The van der Waals surface area contributed by atoms with E-state index in [9.17, 15) is 18.7 Å². The number of halogens is 2. The third-order valence-corrected chi connectivity index (χ3v) is 7.95. The van der Waals surface area contributed by atoms with Gasteiger partial charge in [0.2, 0.25) is 0 Å². The molecule has 3 heterocycles. The van der Waals surface area contributed by atoms with E-state index in [-0.39, 0.29) is 28.5 Å². The van der Waals surface area contributed by atoms with Crippen molar-refractivity contribution in [2.24, 2.45) is 0 Å². The summed E-state index contributed by atoms with van der Waals surface area (Å²) in [4.78, 5) is 20.7. The van der Waals surface area contributed by atoms with Crippen LogP contribution in [0.2, 0.25) is 0 Å². The number of aliphatic hydroxyl groups is 1. The van der Waals surface area contributed by atoms with Crippen molar-refractivity contribution in [3.8, 4) is 0 Å². The number of nitrogens with zero attached hydrogens (tertiary/aromatic N) is 4. The molecule has 0 aromatic carbocycles. The fourth-order valence-corrected chi connectivity index (χ4v) is 4.47. The molecule has 7 nitrogen and oxygen atoms in total. The molecule has 3 aromatic rings. The van der Waals surface area contributed by atoms with E-state index in [0.717, 1.165) is 36.2 Å². The van der Waals surface area contributed by atoms with E-state index in [2.05, 4.69) is 68.2 Å². The first-order valence-electron chi connectivity index (χ1n) is 17.0. The molecule has 9 heteroatoms. The Labute approximate surface area is 288 Å². The number of aromatic nitrogens is 4. The molecule has 2 atom stereocenters. The predicted octanol–water partition coefficient (Wildman–Crippen LogP) is 10.0. The quantitative estimate of drug-likeness (QED) is 0.210. The molecular formula is C39H59F2N5O2. The molecule has 0 saturated heterocycles. The Morgan fingerprint density at radius 2 is 1.69 bits per heavy atom. The molecule has 1 aliphatic rings. The van der Waals surface area contributed by atoms with Gasteiger partial charge in [-0.2, -0.15) is 5.10 Å². The van der Waals surface area contributed by atoms with Crippen LogP contribution in [-0.2, 0) is 18.5 Å². The van der Waals surface area contributed by atoms with Crippen molar-refractivity contribution < 1.29 is 18.7 Å². The summed E-state index contributed by atoms with van der Waals surface area (Å²) in [5.74, 6) is -0.134. The number of amides is 1. The molecule has 3 aromatic heterocycles. The highest BCUT2D eigenvalue weighted by Gasteiger charge is 2.24. The van der Waals surface area contributed by atoms with Crippen LogP contribution in [0.1, 0.15) is 156 Å². The summed E-state index contributed by atoms with van der Waals surface area (Å²) in [6.45, 7) is 27.3. The molecule has 1 aliphatic carbocycles. The molecule has 1 fully saturated rings. The second kappa shape index (κ2) is 20.6. The molecule has 0 bridgehead atoms. The molecule has 1 amide bonds. The first-order chi connectivity index (χ1) is 22.5. The first kappa shape index (κ1) is 42.3. The standard InChI is InChI=1S/C18H26N4O.C12H17F2NO.C5H10.C4H6/c1-7-14-8-9-15(19-10-14)11-20-17(23)16-12(2)13(3)22(21-16)18(4,5)6;1-4-7(2)9-5-15-6-10(8(3)16)11(9)12(13)14;1-3-5-4-2;1-4-2-3-4/h8-10H,7,11H2,1-6H3,(H,20,23);5-8,12,16H,4H2,1-3H3;3H,1,4-5H2,2H3;1-3H2. The average Bonchev–Trinajstić information content (AvgIpc) is 3.78. The number of unbranched alkanes of at least 4 members (excludes halogenated alkanes) is 1. The van der Waals surface area contributed by atoms with Crippen LogP contribution in [0.25, 0.3) is 0 Å². The van der Waals surface area contributed by atoms with Gasteiger partial charge >= 0.3 is 0 Å². The largest absolute Gasteiger partial charge is 0.389 e. The first-order valence-corrected chi connectivity index (χ1v) is 17.0. The van der Waals surface area contributed by atoms with Crippen molar-refractivity contribution in [1.82, 2.24) is 25.1 Å². The number of aryl methyl sites for hydroxylation is 1. The predicted molar refractivity (Wildman–Crippen MR) is 193 cm³/mol. The van der Waals surface area contributed by atoms with E-state index in [1.807, 2.05) is 56.8 Å². The zero-order valence-corrected chi connectivity index (χ0v) is 31.0. The van der Waals surface area contributed by atoms with E-state index in [1.165, 1.54) is 49.7 Å². The number of aliphatic hydroxyl groups excluding tert-OH is 1. The van der Waals surface area contributed by atoms with Gasteiger partial charge in [0.1, 0.15) is 0 Å². The van der Waals surface area contributed by atoms with Crippen LogP contribution in [0.5, 0.6) is 0 Å². The highest BCUT2D eigenvalue weighted by molar-refractivity contribution is 5.93. The Morgan fingerprint density at radius 3 is 2.06 bits per heavy atom. The van der Waals surface area contributed by atoms with Crippen molar-refractivity contribution in [2.75, 3.05) is 0 Å². The summed E-state index contributed by atoms with van der Waals surface area (Å²) in [5.41, 5.74) is 6.45. The molecule has 2 N–H and O–H groups in total. The molecule has 1 saturated carbocycles. The smallest absolute Gasteiger partial charge is 0.272 e. The molecule has 48 heavy (non-hydrogen) atoms. The van der Waals surface area contributed by atoms with E-state index in [0.29, 0.717) is 17.8 Å². The Kier molecular flexibility index (Phi) is 18.2. The van der Waals surface area contributed by atoms with Gasteiger partial charge in [0, 0.05) is 41.0 Å². The summed E-state index contributed by atoms with van der Waals surface area (Å²) in [7, 11) is 0. The third-order valence-electron chi connectivity index (χ3n) is 7.95. The second-order valence-corrected chi connectivity index (χ2v) is 13.2. The van der Waals surface area contributed by atoms with Crippen LogP contribution in [0.15, 0.2) is 55.5 Å². The van der Waals surface area contributed by atoms with Gasteiger partial charge in [-0.05, 0) is 96.8 Å². The summed E-state index contributed by atoms with van der Waals surface area (Å²) in [6.07, 6.45) is 9.78. The number of alkyl halides is 2. The van der Waals surface area contributed by atoms with Crippen molar-refractivity contribution in [3.63, 3.8) is 0 Å². The van der Waals surface area contributed by atoms with Gasteiger partial charge in [0.05, 0.1) is 23.9 Å². The van der Waals surface area contributed by atoms with Gasteiger partial charge in [-0.15, -0.1) is 6.58 Å². The molecule has 266 valence electrons. The number of carbonyl (C=O) groups excluding carboxylic acids is 1. The van der Waals surface area contributed by atoms with Crippen LogP contribution in [0.4, 0.5) is 8.78 Å². The fourth-order valence-electron chi connectivity index (χ4n) is 4.47. The topological polar surface area (TPSA) is 92.9 Å². The molecule has 2 unspecified atom stereocenters. The van der Waals surface area contributed by atoms with Gasteiger partial charge in [-0.3, -0.25) is 19.4 Å². The lowest BCUT2D eigenvalue weighted by molar-refractivity contribution is 0.0943. The molecule has 0 aliphatic heterocycles. The number of carbonyl (C=O) groups is 1. The number of allylic oxidation sites excluding steroid dienone is 2. The third kappa shape index (κ3) is 13.8. The minimum Gasteiger partial charge on any atom is -0.389 e. The Balaban J connectivity index is 0.000000395. The lowest BCUT2D eigenvalue weighted by Gasteiger charge is -2.21. The lowest BCUT2D eigenvalue weighted by Crippen LogP contribution is -2.27. The van der Waals surface area contributed by atoms with Crippen LogP contribution < -0.4 is 5.32 Å². The van der Waals surface area contributed by atoms with Crippen LogP contribution in [0, 0.1) is 13.8 Å². The highest BCUT2D eigenvalue weighted by atomic mass is 19.3. The zero-order chi connectivity index (χ0) is 36.6. The minimum atomic E-state index is -2.57. The molecule has 0 spiro atoms. The fraction of sp³-hybridized carbons (Fsp3) is 0.538. The molecule has 4 rings (SSSR count). The number of pyridine rings is 2. The number of rotatable bonds is 10. The van der Waals surface area contributed by atoms with Crippen LogP contribution in [0.3, 0.4) is 0 Å². The van der Waals surface area contributed by atoms with E-state index < -0.39 is 12.5 Å². The van der Waals surface area contributed by atoms with Gasteiger partial charge < -0.3 is 10.4 Å². The highest BCUT2D eigenvalue weighted by Crippen LogP contribution is 2.34. The maximum absolute atomic E-state index is 13.0. The van der Waals surface area contributed by atoms with Crippen molar-refractivity contribution in [2.45, 2.75) is 138 Å². The summed E-state index contributed by atoms with van der Waals surface area (Å²) in [5, 5.41) is 16.9. The normalized spacial score (nSPS) is 13.2. The van der Waals surface area contributed by atoms with Crippen molar-refractivity contribution >= 4 is 5.91 Å². The Morgan fingerprint density at radius 1 is 1.08 bits per heavy atom. The van der Waals surface area contributed by atoms with Crippen LogP contribution >= 0.6 is 0 Å². The SMILES string of the molecule is C=C1CC1.C=CCCC.CCC(C)c1cncc(C(C)O)c1C(F)F.CCc1ccc(CNC(=O)c2nn(C(C)(C)C)c(C)c2C)nc1. The van der Waals surface area contributed by atoms with Crippen LogP contribution in [-0.4, -0.2) is 30.8 Å². The summed E-state index contributed by atoms with van der Waals surface area (Å²) in [6, 6.07) is 3.99. The number of hydrogen-bond donors (Lipinski definition) is 2. The molecular weight excluding hydrogens is 608 g/mol. The summed E-state index contributed by atoms with van der Waals surface area (Å²) < 4.78 is 27.9. The van der Waals surface area contributed by atoms with Crippen molar-refractivity contribution in [1.29, 1.82) is 0 Å². The Hall–Kier alpha value is -3.72. The monoisotopic (exact) mass is 667 g/mol. The molecule has 0 radical (unpaired) electrons. The minimum absolute atomic E-state index is 0.0233. The van der Waals surface area contributed by atoms with E-state index >= 15 is 0 Å². The summed E-state index contributed by atoms with van der Waals surface area (Å²) >= 11 is 0.